The fraction of sp³-hybridized carbons (Fsp3) is 0.238. The first-order valence-corrected chi connectivity index (χ1v) is 9.73. The number of benzene rings is 2. The van der Waals surface area contributed by atoms with Crippen molar-refractivity contribution < 1.29 is 23.1 Å². The summed E-state index contributed by atoms with van der Waals surface area (Å²) in [6, 6.07) is 13.9. The number of rotatable bonds is 5. The second-order valence-electron chi connectivity index (χ2n) is 6.95. The highest BCUT2D eigenvalue weighted by molar-refractivity contribution is 7.78. The molecule has 1 heterocycles. The minimum atomic E-state index is -1.92. The lowest BCUT2D eigenvalue weighted by Gasteiger charge is -2.18. The highest BCUT2D eigenvalue weighted by Gasteiger charge is 2.42. The van der Waals surface area contributed by atoms with Crippen LogP contribution in [0, 0.1) is 0 Å². The van der Waals surface area contributed by atoms with E-state index < -0.39 is 16.7 Å². The van der Waals surface area contributed by atoms with Crippen molar-refractivity contribution in [2.24, 2.45) is 0 Å². The van der Waals surface area contributed by atoms with Gasteiger partial charge in [0, 0.05) is 11.1 Å². The molecule has 0 saturated heterocycles. The van der Waals surface area contributed by atoms with Gasteiger partial charge in [0.1, 0.15) is 5.76 Å². The fourth-order valence-electron chi connectivity index (χ4n) is 3.01. The summed E-state index contributed by atoms with van der Waals surface area (Å²) in [5.74, 6) is 0.255. The van der Waals surface area contributed by atoms with Gasteiger partial charge in [-0.05, 0) is 38.0 Å². The third-order valence-corrected chi connectivity index (χ3v) is 5.00. The molecule has 6 heteroatoms. The third-order valence-electron chi connectivity index (χ3n) is 4.42. The number of Topliss-reactive ketones (excluding diaryl/α,β-unsaturated/α-hetero) is 2. The summed E-state index contributed by atoms with van der Waals surface area (Å²) in [7, 11) is 0. The average molecular weight is 384 g/mol. The van der Waals surface area contributed by atoms with E-state index in [0.29, 0.717) is 33.6 Å². The molecule has 0 amide bonds. The van der Waals surface area contributed by atoms with E-state index in [1.165, 1.54) is 6.92 Å². The molecule has 0 aromatic heterocycles. The molecule has 3 rings (SSSR count). The molecule has 1 aliphatic rings. The van der Waals surface area contributed by atoms with Gasteiger partial charge in [-0.2, -0.15) is 0 Å². The maximum absolute atomic E-state index is 13.0. The minimum Gasteiger partial charge on any atom is -0.478 e. The van der Waals surface area contributed by atoms with E-state index in [2.05, 4.69) is 0 Å². The standard InChI is InChI=1S/C21H20O5S/c1-13(22)16-5-4-6-17(11-16)18-19(26-21(2,3)20(18)23)15-9-7-14(8-10-15)12-27(24)25/h4-11H,12H2,1-3H3,(H,24,25). The van der Waals surface area contributed by atoms with Gasteiger partial charge in [-0.25, -0.2) is 4.21 Å². The van der Waals surface area contributed by atoms with Crippen molar-refractivity contribution in [1.82, 2.24) is 0 Å². The summed E-state index contributed by atoms with van der Waals surface area (Å²) in [6.45, 7) is 4.90. The zero-order chi connectivity index (χ0) is 19.8. The van der Waals surface area contributed by atoms with E-state index >= 15 is 0 Å². The van der Waals surface area contributed by atoms with Gasteiger partial charge >= 0.3 is 0 Å². The Labute approximate surface area is 160 Å². The zero-order valence-electron chi connectivity index (χ0n) is 15.3. The molecule has 1 N–H and O–H groups in total. The summed E-state index contributed by atoms with van der Waals surface area (Å²) in [5.41, 5.74) is 1.99. The summed E-state index contributed by atoms with van der Waals surface area (Å²) in [4.78, 5) is 24.7. The van der Waals surface area contributed by atoms with Gasteiger partial charge in [-0.1, -0.05) is 42.5 Å². The van der Waals surface area contributed by atoms with Crippen LogP contribution in [-0.4, -0.2) is 25.9 Å². The highest BCUT2D eigenvalue weighted by atomic mass is 32.2. The lowest BCUT2D eigenvalue weighted by molar-refractivity contribution is -0.125. The number of ketones is 2. The van der Waals surface area contributed by atoms with Crippen molar-refractivity contribution in [3.8, 4) is 0 Å². The number of carbonyl (C=O) groups is 2. The van der Waals surface area contributed by atoms with Crippen molar-refractivity contribution in [2.75, 3.05) is 0 Å². The molecule has 2 aromatic carbocycles. The highest BCUT2D eigenvalue weighted by Crippen LogP contribution is 2.41. The Morgan fingerprint density at radius 1 is 1.11 bits per heavy atom. The molecule has 0 aliphatic carbocycles. The smallest absolute Gasteiger partial charge is 0.210 e. The fourth-order valence-corrected chi connectivity index (χ4v) is 3.49. The van der Waals surface area contributed by atoms with Crippen LogP contribution in [-0.2, 0) is 26.4 Å². The Kier molecular flexibility index (Phi) is 5.13. The van der Waals surface area contributed by atoms with Gasteiger partial charge in [0.2, 0.25) is 5.78 Å². The Hall–Kier alpha value is -2.57. The molecule has 5 nitrogen and oxygen atoms in total. The van der Waals surface area contributed by atoms with E-state index in [4.69, 9.17) is 9.29 Å². The molecule has 0 bridgehead atoms. The van der Waals surface area contributed by atoms with Crippen LogP contribution in [0.25, 0.3) is 11.3 Å². The van der Waals surface area contributed by atoms with Crippen LogP contribution >= 0.6 is 0 Å². The maximum atomic E-state index is 13.0. The maximum Gasteiger partial charge on any atom is 0.210 e. The predicted molar refractivity (Wildman–Crippen MR) is 104 cm³/mol. The van der Waals surface area contributed by atoms with Crippen molar-refractivity contribution in [2.45, 2.75) is 32.1 Å². The molecule has 0 spiro atoms. The molecule has 2 aromatic rings. The molecule has 1 unspecified atom stereocenters. The van der Waals surface area contributed by atoms with Crippen LogP contribution < -0.4 is 0 Å². The molecule has 1 aliphatic heterocycles. The quantitative estimate of drug-likeness (QED) is 0.625. The Balaban J connectivity index is 2.11. The summed E-state index contributed by atoms with van der Waals surface area (Å²) < 4.78 is 26.0. The Morgan fingerprint density at radius 2 is 1.78 bits per heavy atom. The number of carbonyl (C=O) groups excluding carboxylic acids is 2. The molecule has 0 radical (unpaired) electrons. The van der Waals surface area contributed by atoms with E-state index in [0.717, 1.165) is 0 Å². The Morgan fingerprint density at radius 3 is 2.37 bits per heavy atom. The average Bonchev–Trinajstić information content (AvgIpc) is 2.85. The van der Waals surface area contributed by atoms with Crippen molar-refractivity contribution >= 4 is 34.0 Å². The lowest BCUT2D eigenvalue weighted by Crippen LogP contribution is -2.29. The third kappa shape index (κ3) is 3.91. The molecule has 0 saturated carbocycles. The van der Waals surface area contributed by atoms with E-state index in [9.17, 15) is 13.8 Å². The van der Waals surface area contributed by atoms with Gasteiger partial charge in [-0.3, -0.25) is 9.59 Å². The Bertz CT molecular complexity index is 970. The topological polar surface area (TPSA) is 80.7 Å². The SMILES string of the molecule is CC(=O)c1cccc(C2=C(c3ccc(CS(=O)O)cc3)OC(C)(C)C2=O)c1. The largest absolute Gasteiger partial charge is 0.478 e. The first-order valence-electron chi connectivity index (χ1n) is 8.45. The van der Waals surface area contributed by atoms with Gasteiger partial charge in [-0.15, -0.1) is 0 Å². The van der Waals surface area contributed by atoms with Crippen LogP contribution in [0.2, 0.25) is 0 Å². The minimum absolute atomic E-state index is 0.0398. The zero-order valence-corrected chi connectivity index (χ0v) is 16.1. The summed E-state index contributed by atoms with van der Waals surface area (Å²) >= 11 is -1.92. The summed E-state index contributed by atoms with van der Waals surface area (Å²) in [5, 5.41) is 0. The first-order chi connectivity index (χ1) is 12.7. The summed E-state index contributed by atoms with van der Waals surface area (Å²) in [6.07, 6.45) is 0. The van der Waals surface area contributed by atoms with Crippen LogP contribution in [0.15, 0.2) is 48.5 Å². The van der Waals surface area contributed by atoms with Crippen LogP contribution in [0.1, 0.15) is 47.8 Å². The molecule has 1 atom stereocenters. The van der Waals surface area contributed by atoms with Crippen LogP contribution in [0.4, 0.5) is 0 Å². The normalized spacial score (nSPS) is 17.0. The second kappa shape index (κ2) is 7.21. The van der Waals surface area contributed by atoms with Crippen molar-refractivity contribution in [1.29, 1.82) is 0 Å². The van der Waals surface area contributed by atoms with Crippen molar-refractivity contribution in [3.05, 3.63) is 70.8 Å². The molecule has 27 heavy (non-hydrogen) atoms. The molecule has 140 valence electrons. The molecular weight excluding hydrogens is 364 g/mol. The van der Waals surface area contributed by atoms with Gasteiger partial charge in [0.25, 0.3) is 0 Å². The predicted octanol–water partition coefficient (Wildman–Crippen LogP) is 3.86. The van der Waals surface area contributed by atoms with Crippen LogP contribution in [0.5, 0.6) is 0 Å². The number of hydrogen-bond donors (Lipinski definition) is 1. The van der Waals surface area contributed by atoms with Gasteiger partial charge in [0.15, 0.2) is 22.5 Å². The van der Waals surface area contributed by atoms with Crippen molar-refractivity contribution in [3.63, 3.8) is 0 Å². The number of hydrogen-bond acceptors (Lipinski definition) is 4. The van der Waals surface area contributed by atoms with Gasteiger partial charge < -0.3 is 9.29 Å². The van der Waals surface area contributed by atoms with Crippen LogP contribution in [0.3, 0.4) is 0 Å². The molecular formula is C21H20O5S. The molecule has 0 fully saturated rings. The van der Waals surface area contributed by atoms with E-state index in [1.54, 1.807) is 62.4 Å². The second-order valence-corrected chi connectivity index (χ2v) is 7.88. The lowest BCUT2D eigenvalue weighted by atomic mass is 9.91. The van der Waals surface area contributed by atoms with E-state index in [-0.39, 0.29) is 17.3 Å². The van der Waals surface area contributed by atoms with E-state index in [1.807, 2.05) is 0 Å². The monoisotopic (exact) mass is 384 g/mol. The van der Waals surface area contributed by atoms with Gasteiger partial charge in [0.05, 0.1) is 11.3 Å². The number of ether oxygens (including phenoxy) is 1. The first kappa shape index (κ1) is 19.2.